The Morgan fingerprint density at radius 2 is 1.82 bits per heavy atom. The van der Waals surface area contributed by atoms with Gasteiger partial charge in [0.15, 0.2) is 0 Å². The largest absolute Gasteiger partial charge is 0.395 e. The van der Waals surface area contributed by atoms with Gasteiger partial charge < -0.3 is 10.1 Å². The maximum absolute atomic E-state index is 12.0. The van der Waals surface area contributed by atoms with Crippen molar-refractivity contribution in [1.82, 2.24) is 19.7 Å². The van der Waals surface area contributed by atoms with E-state index < -0.39 is 16.6 Å². The SMILES string of the molecule is O=S(=O)(CCO)Nc1cccc(-c2cnc3[nH]cc(-c4cnn(Cc5ccccc5)c4)c3c2)c1. The fourth-order valence-electron chi connectivity index (χ4n) is 3.87. The number of pyridine rings is 1. The van der Waals surface area contributed by atoms with E-state index in [1.807, 2.05) is 53.6 Å². The van der Waals surface area contributed by atoms with Crippen LogP contribution in [0.3, 0.4) is 0 Å². The van der Waals surface area contributed by atoms with Crippen LogP contribution in [0.5, 0.6) is 0 Å². The van der Waals surface area contributed by atoms with Gasteiger partial charge in [0.1, 0.15) is 5.65 Å². The molecule has 34 heavy (non-hydrogen) atoms. The van der Waals surface area contributed by atoms with Crippen LogP contribution < -0.4 is 4.72 Å². The Balaban J connectivity index is 1.45. The van der Waals surface area contributed by atoms with Crippen LogP contribution in [-0.4, -0.2) is 45.6 Å². The van der Waals surface area contributed by atoms with E-state index in [0.717, 1.165) is 33.3 Å². The molecule has 0 aliphatic heterocycles. The predicted octanol–water partition coefficient (Wildman–Crippen LogP) is 3.88. The van der Waals surface area contributed by atoms with Crippen LogP contribution in [-0.2, 0) is 16.6 Å². The molecule has 8 nitrogen and oxygen atoms in total. The summed E-state index contributed by atoms with van der Waals surface area (Å²) in [7, 11) is -3.60. The van der Waals surface area contributed by atoms with E-state index in [1.54, 1.807) is 24.4 Å². The predicted molar refractivity (Wildman–Crippen MR) is 133 cm³/mol. The van der Waals surface area contributed by atoms with Gasteiger partial charge in [0, 0.05) is 46.4 Å². The van der Waals surface area contributed by atoms with Crippen LogP contribution in [0.25, 0.3) is 33.3 Å². The molecule has 0 amide bonds. The number of H-pyrrole nitrogens is 1. The number of aromatic amines is 1. The third-order valence-corrected chi connectivity index (χ3v) is 6.76. The maximum Gasteiger partial charge on any atom is 0.234 e. The van der Waals surface area contributed by atoms with Crippen molar-refractivity contribution < 1.29 is 13.5 Å². The van der Waals surface area contributed by atoms with Crippen LogP contribution in [0.2, 0.25) is 0 Å². The summed E-state index contributed by atoms with van der Waals surface area (Å²) in [5.41, 5.74) is 6.01. The van der Waals surface area contributed by atoms with E-state index in [-0.39, 0.29) is 5.75 Å². The van der Waals surface area contributed by atoms with Gasteiger partial charge in [-0.25, -0.2) is 13.4 Å². The smallest absolute Gasteiger partial charge is 0.234 e. The highest BCUT2D eigenvalue weighted by atomic mass is 32.2. The number of nitrogens with zero attached hydrogens (tertiary/aromatic N) is 3. The maximum atomic E-state index is 12.0. The molecule has 5 aromatic rings. The molecule has 172 valence electrons. The molecule has 0 fully saturated rings. The number of hydrogen-bond donors (Lipinski definition) is 3. The lowest BCUT2D eigenvalue weighted by Crippen LogP contribution is -2.18. The molecule has 0 radical (unpaired) electrons. The van der Waals surface area contributed by atoms with Gasteiger partial charge in [-0.3, -0.25) is 9.40 Å². The van der Waals surface area contributed by atoms with Gasteiger partial charge in [-0.15, -0.1) is 0 Å². The van der Waals surface area contributed by atoms with Crippen molar-refractivity contribution in [1.29, 1.82) is 0 Å². The average Bonchev–Trinajstić information content (AvgIpc) is 3.46. The summed E-state index contributed by atoms with van der Waals surface area (Å²) in [6.45, 7) is 0.249. The number of hydrogen-bond acceptors (Lipinski definition) is 5. The fraction of sp³-hybridized carbons (Fsp3) is 0.120. The zero-order valence-electron chi connectivity index (χ0n) is 18.2. The van der Waals surface area contributed by atoms with Crippen LogP contribution in [0, 0.1) is 0 Å². The van der Waals surface area contributed by atoms with Crippen LogP contribution in [0.4, 0.5) is 5.69 Å². The van der Waals surface area contributed by atoms with Gasteiger partial charge in [-0.2, -0.15) is 5.10 Å². The van der Waals surface area contributed by atoms with Crippen molar-refractivity contribution in [2.45, 2.75) is 6.54 Å². The first kappa shape index (κ1) is 21.9. The molecule has 0 saturated carbocycles. The Labute approximate surface area is 197 Å². The molecular formula is C25H23N5O3S. The Morgan fingerprint density at radius 3 is 2.65 bits per heavy atom. The molecule has 9 heteroatoms. The minimum absolute atomic E-state index is 0.352. The summed E-state index contributed by atoms with van der Waals surface area (Å²) in [5, 5.41) is 14.4. The number of aliphatic hydroxyl groups excluding tert-OH is 1. The van der Waals surface area contributed by atoms with Crippen molar-refractivity contribution in [3.8, 4) is 22.3 Å². The van der Waals surface area contributed by atoms with E-state index in [4.69, 9.17) is 5.11 Å². The Bertz CT molecular complexity index is 1540. The molecule has 0 unspecified atom stereocenters. The summed E-state index contributed by atoms with van der Waals surface area (Å²) in [5.74, 6) is -0.352. The Kier molecular flexibility index (Phi) is 5.87. The molecule has 5 rings (SSSR count). The van der Waals surface area contributed by atoms with Crippen LogP contribution >= 0.6 is 0 Å². The molecule has 3 aromatic heterocycles. The molecule has 0 bridgehead atoms. The summed E-state index contributed by atoms with van der Waals surface area (Å²) in [6, 6.07) is 19.3. The van der Waals surface area contributed by atoms with Gasteiger partial charge >= 0.3 is 0 Å². The number of fused-ring (bicyclic) bond motifs is 1. The second-order valence-corrected chi connectivity index (χ2v) is 9.80. The van der Waals surface area contributed by atoms with Gasteiger partial charge in [-0.1, -0.05) is 42.5 Å². The first-order chi connectivity index (χ1) is 16.5. The standard InChI is InChI=1S/C25H23N5O3S/c31-9-10-34(32,33)29-22-8-4-7-19(11-22)20-12-23-24(15-27-25(23)26-13-20)21-14-28-30(17-21)16-18-5-2-1-3-6-18/h1-8,11-15,17,29,31H,9-10,16H2,(H,26,27). The van der Waals surface area contributed by atoms with Crippen molar-refractivity contribution in [3.63, 3.8) is 0 Å². The van der Waals surface area contributed by atoms with Crippen molar-refractivity contribution in [2.75, 3.05) is 17.1 Å². The number of aromatic nitrogens is 4. The Morgan fingerprint density at radius 1 is 0.971 bits per heavy atom. The normalized spacial score (nSPS) is 11.7. The summed E-state index contributed by atoms with van der Waals surface area (Å²) in [4.78, 5) is 7.77. The minimum atomic E-state index is -3.60. The molecule has 2 aromatic carbocycles. The number of rotatable bonds is 8. The molecule has 3 N–H and O–H groups in total. The quantitative estimate of drug-likeness (QED) is 0.317. The highest BCUT2D eigenvalue weighted by molar-refractivity contribution is 7.92. The Hall–Kier alpha value is -3.95. The third-order valence-electron chi connectivity index (χ3n) is 5.49. The summed E-state index contributed by atoms with van der Waals surface area (Å²) < 4.78 is 28.4. The number of nitrogens with one attached hydrogen (secondary N) is 2. The highest BCUT2D eigenvalue weighted by Gasteiger charge is 2.13. The van der Waals surface area contributed by atoms with Crippen molar-refractivity contribution in [3.05, 3.63) is 91.0 Å². The molecule has 0 spiro atoms. The van der Waals surface area contributed by atoms with Crippen molar-refractivity contribution in [2.24, 2.45) is 0 Å². The van der Waals surface area contributed by atoms with E-state index >= 15 is 0 Å². The zero-order chi connectivity index (χ0) is 23.5. The van der Waals surface area contributed by atoms with Gasteiger partial charge in [-0.05, 0) is 29.3 Å². The van der Waals surface area contributed by atoms with Gasteiger partial charge in [0.2, 0.25) is 10.0 Å². The first-order valence-electron chi connectivity index (χ1n) is 10.8. The number of anilines is 1. The summed E-state index contributed by atoms with van der Waals surface area (Å²) in [6.07, 6.45) is 7.53. The lowest BCUT2D eigenvalue weighted by Gasteiger charge is -2.09. The lowest BCUT2D eigenvalue weighted by molar-refractivity contribution is 0.320. The third kappa shape index (κ3) is 4.70. The van der Waals surface area contributed by atoms with E-state index in [0.29, 0.717) is 12.2 Å². The van der Waals surface area contributed by atoms with Crippen molar-refractivity contribution >= 4 is 26.7 Å². The molecule has 0 atom stereocenters. The molecule has 0 saturated heterocycles. The minimum Gasteiger partial charge on any atom is -0.395 e. The van der Waals surface area contributed by atoms with E-state index in [2.05, 4.69) is 31.9 Å². The summed E-state index contributed by atoms with van der Waals surface area (Å²) >= 11 is 0. The highest BCUT2D eigenvalue weighted by Crippen LogP contribution is 2.31. The monoisotopic (exact) mass is 473 g/mol. The molecular weight excluding hydrogens is 450 g/mol. The van der Waals surface area contributed by atoms with E-state index in [9.17, 15) is 8.42 Å². The second kappa shape index (κ2) is 9.12. The lowest BCUT2D eigenvalue weighted by atomic mass is 10.0. The number of benzene rings is 2. The zero-order valence-corrected chi connectivity index (χ0v) is 19.0. The van der Waals surface area contributed by atoms with Gasteiger partial charge in [0.05, 0.1) is 25.1 Å². The van der Waals surface area contributed by atoms with Crippen LogP contribution in [0.15, 0.2) is 85.5 Å². The first-order valence-corrected chi connectivity index (χ1v) is 12.4. The second-order valence-electron chi connectivity index (χ2n) is 7.96. The fourth-order valence-corrected chi connectivity index (χ4v) is 4.70. The number of sulfonamides is 1. The molecule has 0 aliphatic rings. The van der Waals surface area contributed by atoms with E-state index in [1.165, 1.54) is 5.56 Å². The molecule has 0 aliphatic carbocycles. The number of aliphatic hydroxyl groups is 1. The van der Waals surface area contributed by atoms with Gasteiger partial charge in [0.25, 0.3) is 0 Å². The molecule has 3 heterocycles. The average molecular weight is 474 g/mol. The van der Waals surface area contributed by atoms with Crippen LogP contribution in [0.1, 0.15) is 5.56 Å². The topological polar surface area (TPSA) is 113 Å².